The van der Waals surface area contributed by atoms with Crippen molar-refractivity contribution in [1.82, 2.24) is 9.88 Å². The highest BCUT2D eigenvalue weighted by Crippen LogP contribution is 2.25. The fourth-order valence-corrected chi connectivity index (χ4v) is 5.06. The number of hydrogen-bond acceptors (Lipinski definition) is 5. The van der Waals surface area contributed by atoms with Crippen LogP contribution in [0.5, 0.6) is 0 Å². The average molecular weight is 576 g/mol. The highest BCUT2D eigenvalue weighted by Gasteiger charge is 2.17. The number of aryl methyl sites for hydroxylation is 1. The molecule has 0 bridgehead atoms. The molecule has 182 valence electrons. The highest BCUT2D eigenvalue weighted by atomic mass is 79.9. The molecule has 1 amide bonds. The second-order valence-electron chi connectivity index (χ2n) is 8.13. The first kappa shape index (κ1) is 25.6. The molecule has 35 heavy (non-hydrogen) atoms. The SMILES string of the molecule is Cn1cc(C(=O)NCc2ccc(Cl)cc2)c(=O)c2cc(COCCC(O)c3ccc(Br)cc3)sc21. The molecule has 1 atom stereocenters. The number of pyridine rings is 1. The summed E-state index contributed by atoms with van der Waals surface area (Å²) in [5, 5.41) is 14.2. The van der Waals surface area contributed by atoms with E-state index < -0.39 is 12.0 Å². The van der Waals surface area contributed by atoms with E-state index in [1.165, 1.54) is 11.3 Å². The number of fused-ring (bicyclic) bond motifs is 1. The second kappa shape index (κ2) is 11.5. The first-order chi connectivity index (χ1) is 16.8. The largest absolute Gasteiger partial charge is 0.388 e. The lowest BCUT2D eigenvalue weighted by Gasteiger charge is -2.11. The number of benzene rings is 2. The Kier molecular flexibility index (Phi) is 8.41. The van der Waals surface area contributed by atoms with Crippen molar-refractivity contribution < 1.29 is 14.6 Å². The number of carbonyl (C=O) groups is 1. The van der Waals surface area contributed by atoms with E-state index >= 15 is 0 Å². The summed E-state index contributed by atoms with van der Waals surface area (Å²) in [6.45, 7) is 0.996. The predicted octanol–water partition coefficient (Wildman–Crippen LogP) is 5.59. The smallest absolute Gasteiger partial charge is 0.257 e. The zero-order valence-corrected chi connectivity index (χ0v) is 22.1. The standard InChI is InChI=1S/C26H24BrClN2O4S/c1-30-14-22(25(33)29-13-16-2-8-19(28)9-3-16)24(32)21-12-20(35-26(21)30)15-34-11-10-23(31)17-4-6-18(27)7-5-17/h2-9,12,14,23,31H,10-11,13,15H2,1H3,(H,29,33). The minimum atomic E-state index is -0.606. The third-order valence-electron chi connectivity index (χ3n) is 5.54. The number of aromatic nitrogens is 1. The molecule has 0 radical (unpaired) electrons. The number of ether oxygens (including phenoxy) is 1. The van der Waals surface area contributed by atoms with E-state index in [0.717, 1.165) is 25.3 Å². The number of thiophene rings is 1. The van der Waals surface area contributed by atoms with E-state index in [1.807, 2.05) is 43.4 Å². The van der Waals surface area contributed by atoms with Gasteiger partial charge in [-0.3, -0.25) is 9.59 Å². The van der Waals surface area contributed by atoms with Gasteiger partial charge in [-0.2, -0.15) is 0 Å². The molecule has 6 nitrogen and oxygen atoms in total. The second-order valence-corrected chi connectivity index (χ2v) is 10.6. The van der Waals surface area contributed by atoms with Crippen LogP contribution in [-0.4, -0.2) is 22.2 Å². The molecule has 1 unspecified atom stereocenters. The van der Waals surface area contributed by atoms with Crippen LogP contribution < -0.4 is 10.7 Å². The fraction of sp³-hybridized carbons (Fsp3) is 0.231. The van der Waals surface area contributed by atoms with Crippen LogP contribution >= 0.6 is 38.9 Å². The Hall–Kier alpha value is -2.49. The first-order valence-corrected chi connectivity index (χ1v) is 13.0. The lowest BCUT2D eigenvalue weighted by atomic mass is 10.1. The molecule has 0 saturated carbocycles. The summed E-state index contributed by atoms with van der Waals surface area (Å²) in [5.74, 6) is -0.423. The quantitative estimate of drug-likeness (QED) is 0.255. The monoisotopic (exact) mass is 574 g/mol. The van der Waals surface area contributed by atoms with Crippen LogP contribution in [0.2, 0.25) is 5.02 Å². The zero-order chi connectivity index (χ0) is 24.9. The minimum Gasteiger partial charge on any atom is -0.388 e. The van der Waals surface area contributed by atoms with E-state index in [-0.39, 0.29) is 11.0 Å². The number of aliphatic hydroxyl groups excluding tert-OH is 1. The Morgan fingerprint density at radius 1 is 1.20 bits per heavy atom. The number of amides is 1. The lowest BCUT2D eigenvalue weighted by Crippen LogP contribution is -2.29. The van der Waals surface area contributed by atoms with Crippen molar-refractivity contribution in [3.8, 4) is 0 Å². The minimum absolute atomic E-state index is 0.0943. The molecule has 9 heteroatoms. The van der Waals surface area contributed by atoms with Gasteiger partial charge in [0.15, 0.2) is 0 Å². The van der Waals surface area contributed by atoms with E-state index in [0.29, 0.717) is 36.6 Å². The van der Waals surface area contributed by atoms with Crippen LogP contribution in [0.4, 0.5) is 0 Å². The third-order valence-corrected chi connectivity index (χ3v) is 7.52. The normalized spacial score (nSPS) is 12.1. The topological polar surface area (TPSA) is 80.6 Å². The summed E-state index contributed by atoms with van der Waals surface area (Å²) in [4.78, 5) is 27.4. The Morgan fingerprint density at radius 2 is 1.91 bits per heavy atom. The summed E-state index contributed by atoms with van der Waals surface area (Å²) < 4.78 is 8.51. The molecule has 0 spiro atoms. The van der Waals surface area contributed by atoms with Crippen LogP contribution in [0.3, 0.4) is 0 Å². The van der Waals surface area contributed by atoms with E-state index in [4.69, 9.17) is 16.3 Å². The summed E-state index contributed by atoms with van der Waals surface area (Å²) >= 11 is 10.7. The highest BCUT2D eigenvalue weighted by molar-refractivity contribution is 9.10. The van der Waals surface area contributed by atoms with E-state index in [2.05, 4.69) is 21.2 Å². The number of halogens is 2. The number of rotatable bonds is 9. The molecule has 2 N–H and O–H groups in total. The van der Waals surface area contributed by atoms with Gasteiger partial charge >= 0.3 is 0 Å². The molecule has 2 aromatic carbocycles. The zero-order valence-electron chi connectivity index (χ0n) is 19.0. The maximum absolute atomic E-state index is 13.0. The Labute approximate surface area is 220 Å². The van der Waals surface area contributed by atoms with Crippen molar-refractivity contribution in [2.45, 2.75) is 25.7 Å². The van der Waals surface area contributed by atoms with Crippen molar-refractivity contribution in [1.29, 1.82) is 0 Å². The molecule has 4 aromatic rings. The fourth-order valence-electron chi connectivity index (χ4n) is 3.64. The molecular formula is C26H24BrClN2O4S. The van der Waals surface area contributed by atoms with Crippen molar-refractivity contribution in [3.63, 3.8) is 0 Å². The Balaban J connectivity index is 1.38. The number of hydrogen-bond donors (Lipinski definition) is 2. The van der Waals surface area contributed by atoms with Gasteiger partial charge in [0, 0.05) is 47.2 Å². The van der Waals surface area contributed by atoms with Gasteiger partial charge in [0.25, 0.3) is 5.91 Å². The molecule has 0 aliphatic heterocycles. The molecule has 4 rings (SSSR count). The third kappa shape index (κ3) is 6.39. The van der Waals surface area contributed by atoms with Gasteiger partial charge in [-0.05, 0) is 41.5 Å². The van der Waals surface area contributed by atoms with Crippen LogP contribution in [0.15, 0.2) is 70.1 Å². The summed E-state index contributed by atoms with van der Waals surface area (Å²) in [6, 6.07) is 16.5. The summed E-state index contributed by atoms with van der Waals surface area (Å²) in [5.41, 5.74) is 1.51. The van der Waals surface area contributed by atoms with Gasteiger partial charge in [-0.1, -0.05) is 51.8 Å². The first-order valence-electron chi connectivity index (χ1n) is 11.0. The van der Waals surface area contributed by atoms with Crippen LogP contribution in [0.25, 0.3) is 10.2 Å². The van der Waals surface area contributed by atoms with Gasteiger partial charge in [-0.15, -0.1) is 11.3 Å². The van der Waals surface area contributed by atoms with Gasteiger partial charge in [-0.25, -0.2) is 0 Å². The van der Waals surface area contributed by atoms with Gasteiger partial charge in [0.2, 0.25) is 5.43 Å². The molecule has 0 saturated heterocycles. The predicted molar refractivity (Wildman–Crippen MR) is 143 cm³/mol. The summed E-state index contributed by atoms with van der Waals surface area (Å²) in [7, 11) is 1.81. The van der Waals surface area contributed by atoms with E-state index in [9.17, 15) is 14.7 Å². The molecule has 2 heterocycles. The van der Waals surface area contributed by atoms with Gasteiger partial charge in [0.1, 0.15) is 10.4 Å². The number of nitrogens with one attached hydrogen (secondary N) is 1. The molecule has 0 aliphatic rings. The number of nitrogens with zero attached hydrogens (tertiary/aromatic N) is 1. The van der Waals surface area contributed by atoms with Crippen molar-refractivity contribution in [3.05, 3.63) is 102 Å². The molecular weight excluding hydrogens is 552 g/mol. The Bertz CT molecular complexity index is 1380. The maximum Gasteiger partial charge on any atom is 0.257 e. The van der Waals surface area contributed by atoms with Crippen LogP contribution in [0, 0.1) is 0 Å². The van der Waals surface area contributed by atoms with Crippen molar-refractivity contribution in [2.75, 3.05) is 6.61 Å². The molecule has 0 aliphatic carbocycles. The van der Waals surface area contributed by atoms with Gasteiger partial charge in [0.05, 0.1) is 18.1 Å². The van der Waals surface area contributed by atoms with Crippen LogP contribution in [-0.2, 0) is 24.9 Å². The lowest BCUT2D eigenvalue weighted by molar-refractivity contribution is 0.0745. The molecule has 0 fully saturated rings. The van der Waals surface area contributed by atoms with Crippen molar-refractivity contribution >= 4 is 55.0 Å². The van der Waals surface area contributed by atoms with Crippen molar-refractivity contribution in [2.24, 2.45) is 7.05 Å². The number of carbonyl (C=O) groups excluding carboxylic acids is 1. The average Bonchev–Trinajstić information content (AvgIpc) is 3.29. The number of aliphatic hydroxyl groups is 1. The summed E-state index contributed by atoms with van der Waals surface area (Å²) in [6.07, 6.45) is 1.42. The van der Waals surface area contributed by atoms with Gasteiger partial charge < -0.3 is 19.7 Å². The molecule has 2 aromatic heterocycles. The maximum atomic E-state index is 13.0. The van der Waals surface area contributed by atoms with E-state index in [1.54, 1.807) is 29.0 Å². The Morgan fingerprint density at radius 3 is 2.63 bits per heavy atom. The van der Waals surface area contributed by atoms with Crippen LogP contribution in [0.1, 0.15) is 38.9 Å².